The van der Waals surface area contributed by atoms with Gasteiger partial charge in [0.2, 0.25) is 5.95 Å². The van der Waals surface area contributed by atoms with Crippen LogP contribution in [0.2, 0.25) is 5.02 Å². The van der Waals surface area contributed by atoms with Gasteiger partial charge < -0.3 is 10.1 Å². The van der Waals surface area contributed by atoms with Crippen LogP contribution in [-0.2, 0) is 0 Å². The topological polar surface area (TPSA) is 52.0 Å². The lowest BCUT2D eigenvalue weighted by Crippen LogP contribution is -2.28. The van der Waals surface area contributed by atoms with E-state index in [1.54, 1.807) is 10.7 Å². The zero-order valence-corrected chi connectivity index (χ0v) is 16.2. The number of hydrogen-bond donors (Lipinski definition) is 1. The van der Waals surface area contributed by atoms with E-state index >= 15 is 0 Å². The first-order chi connectivity index (χ1) is 13.0. The lowest BCUT2D eigenvalue weighted by molar-refractivity contribution is -0.0507. The summed E-state index contributed by atoms with van der Waals surface area (Å²) in [6.45, 7) is -2.93. The van der Waals surface area contributed by atoms with Crippen molar-refractivity contribution in [2.75, 3.05) is 5.32 Å². The molecule has 0 unspecified atom stereocenters. The van der Waals surface area contributed by atoms with Crippen LogP contribution < -0.4 is 10.1 Å². The van der Waals surface area contributed by atoms with Gasteiger partial charge in [-0.3, -0.25) is 0 Å². The monoisotopic (exact) mass is 454 g/mol. The van der Waals surface area contributed by atoms with Crippen LogP contribution >= 0.6 is 27.5 Å². The Morgan fingerprint density at radius 2 is 2.11 bits per heavy atom. The van der Waals surface area contributed by atoms with Crippen LogP contribution in [0.4, 0.5) is 14.7 Å². The van der Waals surface area contributed by atoms with Crippen molar-refractivity contribution in [3.05, 3.63) is 69.4 Å². The highest BCUT2D eigenvalue weighted by molar-refractivity contribution is 9.10. The number of hydrogen-bond acceptors (Lipinski definition) is 4. The van der Waals surface area contributed by atoms with Gasteiger partial charge in [-0.2, -0.15) is 18.9 Å². The van der Waals surface area contributed by atoms with Crippen molar-refractivity contribution in [2.45, 2.75) is 25.1 Å². The van der Waals surface area contributed by atoms with Crippen molar-refractivity contribution < 1.29 is 13.5 Å². The molecule has 0 amide bonds. The van der Waals surface area contributed by atoms with E-state index < -0.39 is 6.61 Å². The molecule has 3 aromatic rings. The van der Waals surface area contributed by atoms with Crippen LogP contribution in [0.1, 0.15) is 29.6 Å². The van der Waals surface area contributed by atoms with Crippen molar-refractivity contribution >= 4 is 33.5 Å². The van der Waals surface area contributed by atoms with E-state index in [1.807, 2.05) is 24.3 Å². The van der Waals surface area contributed by atoms with E-state index in [9.17, 15) is 8.78 Å². The van der Waals surface area contributed by atoms with Gasteiger partial charge in [0, 0.05) is 15.1 Å². The van der Waals surface area contributed by atoms with Crippen molar-refractivity contribution in [3.8, 4) is 5.75 Å². The third-order valence-electron chi connectivity index (χ3n) is 4.43. The first kappa shape index (κ1) is 18.2. The Morgan fingerprint density at radius 3 is 2.89 bits per heavy atom. The van der Waals surface area contributed by atoms with Gasteiger partial charge in [-0.25, -0.2) is 4.68 Å². The van der Waals surface area contributed by atoms with Gasteiger partial charge in [0.15, 0.2) is 0 Å². The maximum absolute atomic E-state index is 12.9. The Hall–Kier alpha value is -2.19. The molecule has 2 heterocycles. The second kappa shape index (κ2) is 7.44. The number of nitrogens with zero attached hydrogens (tertiary/aromatic N) is 3. The largest absolute Gasteiger partial charge is 0.434 e. The van der Waals surface area contributed by atoms with Crippen molar-refractivity contribution in [2.24, 2.45) is 0 Å². The smallest absolute Gasteiger partial charge is 0.387 e. The SMILES string of the molecule is FC(F)Oc1ccc(Cl)cc1[C@H]1C[C@@H](c2cccc(Br)c2)Nc2ncnn21. The molecule has 2 aromatic carbocycles. The first-order valence-corrected chi connectivity index (χ1v) is 9.34. The highest BCUT2D eigenvalue weighted by Crippen LogP contribution is 2.41. The van der Waals surface area contributed by atoms with E-state index in [4.69, 9.17) is 16.3 Å². The summed E-state index contributed by atoms with van der Waals surface area (Å²) in [5, 5.41) is 8.04. The zero-order valence-electron chi connectivity index (χ0n) is 13.8. The van der Waals surface area contributed by atoms with Gasteiger partial charge in [0.1, 0.15) is 12.1 Å². The minimum absolute atomic E-state index is 0.0794. The number of rotatable bonds is 4. The lowest BCUT2D eigenvalue weighted by atomic mass is 9.93. The fraction of sp³-hybridized carbons (Fsp3) is 0.222. The molecule has 0 bridgehead atoms. The Morgan fingerprint density at radius 1 is 1.26 bits per heavy atom. The van der Waals surface area contributed by atoms with Crippen molar-refractivity contribution in [1.82, 2.24) is 14.8 Å². The molecule has 1 aliphatic heterocycles. The molecule has 4 rings (SSSR count). The molecule has 0 radical (unpaired) electrons. The van der Waals surface area contributed by atoms with Gasteiger partial charge in [-0.15, -0.1) is 0 Å². The van der Waals surface area contributed by atoms with Crippen molar-refractivity contribution in [3.63, 3.8) is 0 Å². The number of benzene rings is 2. The highest BCUT2D eigenvalue weighted by Gasteiger charge is 2.32. The number of alkyl halides is 2. The van der Waals surface area contributed by atoms with Gasteiger partial charge >= 0.3 is 6.61 Å². The molecule has 27 heavy (non-hydrogen) atoms. The summed E-state index contributed by atoms with van der Waals surface area (Å²) >= 11 is 9.62. The average molecular weight is 456 g/mol. The van der Waals surface area contributed by atoms with Gasteiger partial charge in [0.05, 0.1) is 12.1 Å². The number of anilines is 1. The van der Waals surface area contributed by atoms with Gasteiger partial charge in [-0.1, -0.05) is 39.7 Å². The molecule has 0 saturated carbocycles. The number of fused-ring (bicyclic) bond motifs is 1. The molecule has 1 aromatic heterocycles. The molecule has 9 heteroatoms. The van der Waals surface area contributed by atoms with Crippen LogP contribution in [0.3, 0.4) is 0 Å². The summed E-state index contributed by atoms with van der Waals surface area (Å²) in [5.41, 5.74) is 1.58. The number of nitrogens with one attached hydrogen (secondary N) is 1. The second-order valence-electron chi connectivity index (χ2n) is 6.09. The molecule has 1 aliphatic rings. The van der Waals surface area contributed by atoms with Crippen LogP contribution in [0.15, 0.2) is 53.3 Å². The molecule has 0 fully saturated rings. The summed E-state index contributed by atoms with van der Waals surface area (Å²) in [6.07, 6.45) is 1.99. The van der Waals surface area contributed by atoms with E-state index in [0.717, 1.165) is 10.0 Å². The molecular weight excluding hydrogens is 442 g/mol. The summed E-state index contributed by atoms with van der Waals surface area (Å²) in [5.74, 6) is 0.634. The molecule has 0 aliphatic carbocycles. The lowest BCUT2D eigenvalue weighted by Gasteiger charge is -2.32. The van der Waals surface area contributed by atoms with Crippen LogP contribution in [0, 0.1) is 0 Å². The Bertz CT molecular complexity index is 968. The second-order valence-corrected chi connectivity index (χ2v) is 7.44. The predicted molar refractivity (Wildman–Crippen MR) is 101 cm³/mol. The summed E-state index contributed by atoms with van der Waals surface area (Å²) in [6, 6.07) is 12.1. The predicted octanol–water partition coefficient (Wildman–Crippen LogP) is 5.44. The fourth-order valence-corrected chi connectivity index (χ4v) is 3.90. The molecule has 1 N–H and O–H groups in total. The average Bonchev–Trinajstić information content (AvgIpc) is 3.11. The molecule has 140 valence electrons. The van der Waals surface area contributed by atoms with E-state index in [-0.39, 0.29) is 17.8 Å². The quantitative estimate of drug-likeness (QED) is 0.569. The summed E-state index contributed by atoms with van der Waals surface area (Å²) < 4.78 is 33.1. The summed E-state index contributed by atoms with van der Waals surface area (Å²) in [4.78, 5) is 4.25. The maximum atomic E-state index is 12.9. The Kier molecular flexibility index (Phi) is 5.01. The van der Waals surface area contributed by atoms with E-state index in [0.29, 0.717) is 23.0 Å². The number of aromatic nitrogens is 3. The van der Waals surface area contributed by atoms with Gasteiger partial charge in [0.25, 0.3) is 0 Å². The Balaban J connectivity index is 1.77. The van der Waals surface area contributed by atoms with E-state index in [1.165, 1.54) is 18.5 Å². The van der Waals surface area contributed by atoms with Gasteiger partial charge in [-0.05, 0) is 42.3 Å². The number of halogens is 4. The molecule has 0 saturated heterocycles. The standard InChI is InChI=1S/C18H14BrClF2N4O/c19-11-3-1-2-10(6-11)14-8-15(26-18(25-14)23-9-24-26)13-7-12(20)4-5-16(13)27-17(21)22/h1-7,9,14-15,17H,8H2,(H,23,24,25)/t14-,15+/m0/s1. The maximum Gasteiger partial charge on any atom is 0.387 e. The minimum atomic E-state index is -2.93. The fourth-order valence-electron chi connectivity index (χ4n) is 3.30. The van der Waals surface area contributed by atoms with Crippen LogP contribution in [0.25, 0.3) is 0 Å². The summed E-state index contributed by atoms with van der Waals surface area (Å²) in [7, 11) is 0. The van der Waals surface area contributed by atoms with Crippen molar-refractivity contribution in [1.29, 1.82) is 0 Å². The Labute approximate surface area is 167 Å². The molecule has 5 nitrogen and oxygen atoms in total. The van der Waals surface area contributed by atoms with E-state index in [2.05, 4.69) is 31.3 Å². The highest BCUT2D eigenvalue weighted by atomic mass is 79.9. The molecule has 0 spiro atoms. The zero-order chi connectivity index (χ0) is 19.0. The van der Waals surface area contributed by atoms with Crippen LogP contribution in [-0.4, -0.2) is 21.4 Å². The minimum Gasteiger partial charge on any atom is -0.434 e. The normalized spacial score (nSPS) is 18.9. The third kappa shape index (κ3) is 3.77. The first-order valence-electron chi connectivity index (χ1n) is 8.17. The number of ether oxygens (including phenoxy) is 1. The molecular formula is C18H14BrClF2N4O. The molecule has 2 atom stereocenters. The van der Waals surface area contributed by atoms with Crippen LogP contribution in [0.5, 0.6) is 5.75 Å². The third-order valence-corrected chi connectivity index (χ3v) is 5.16.